The van der Waals surface area contributed by atoms with Crippen LogP contribution in [0.3, 0.4) is 0 Å². The van der Waals surface area contributed by atoms with Crippen LogP contribution in [0.2, 0.25) is 0 Å². The molecule has 2 aromatic rings. The van der Waals surface area contributed by atoms with E-state index in [1.807, 2.05) is 6.92 Å². The first-order chi connectivity index (χ1) is 12.9. The van der Waals surface area contributed by atoms with Gasteiger partial charge in [-0.15, -0.1) is 0 Å². The summed E-state index contributed by atoms with van der Waals surface area (Å²) >= 11 is 0. The molecule has 0 saturated carbocycles. The van der Waals surface area contributed by atoms with Crippen LogP contribution in [0.4, 0.5) is 8.78 Å². The second kappa shape index (κ2) is 6.71. The average Bonchev–Trinajstić information content (AvgIpc) is 3.24. The summed E-state index contributed by atoms with van der Waals surface area (Å²) in [6.45, 7) is 4.69. The van der Waals surface area contributed by atoms with Crippen LogP contribution in [0.15, 0.2) is 18.2 Å². The summed E-state index contributed by atoms with van der Waals surface area (Å²) in [6, 6.07) is 3.84. The Morgan fingerprint density at radius 1 is 1.26 bits per heavy atom. The van der Waals surface area contributed by atoms with Crippen LogP contribution < -0.4 is 5.73 Å². The second-order valence-corrected chi connectivity index (χ2v) is 7.69. The van der Waals surface area contributed by atoms with Gasteiger partial charge in [0.2, 0.25) is 0 Å². The third-order valence-corrected chi connectivity index (χ3v) is 6.08. The number of nitrogens with two attached hydrogens (primary N) is 1. The van der Waals surface area contributed by atoms with Gasteiger partial charge in [0.1, 0.15) is 5.69 Å². The van der Waals surface area contributed by atoms with Crippen molar-refractivity contribution in [1.82, 2.24) is 14.7 Å². The van der Waals surface area contributed by atoms with E-state index >= 15 is 0 Å². The van der Waals surface area contributed by atoms with Crippen LogP contribution in [-0.2, 0) is 12.8 Å². The van der Waals surface area contributed by atoms with Gasteiger partial charge in [0.25, 0.3) is 5.91 Å². The maximum absolute atomic E-state index is 14.3. The van der Waals surface area contributed by atoms with Gasteiger partial charge in [0.15, 0.2) is 17.3 Å². The van der Waals surface area contributed by atoms with E-state index in [0.717, 1.165) is 36.6 Å². The molecule has 2 aliphatic rings. The van der Waals surface area contributed by atoms with Crippen molar-refractivity contribution in [2.75, 3.05) is 6.54 Å². The molecule has 0 radical (unpaired) electrons. The van der Waals surface area contributed by atoms with Gasteiger partial charge in [-0.25, -0.2) is 13.5 Å². The molecule has 1 aliphatic heterocycles. The fourth-order valence-corrected chi connectivity index (χ4v) is 4.31. The van der Waals surface area contributed by atoms with Crippen molar-refractivity contribution in [2.45, 2.75) is 51.6 Å². The Kier molecular flexibility index (Phi) is 4.50. The van der Waals surface area contributed by atoms with Gasteiger partial charge in [0, 0.05) is 29.9 Å². The Labute approximate surface area is 157 Å². The zero-order valence-electron chi connectivity index (χ0n) is 15.6. The molecule has 1 fully saturated rings. The number of piperidine rings is 1. The molecule has 2 N–H and O–H groups in total. The predicted molar refractivity (Wildman–Crippen MR) is 97.8 cm³/mol. The number of nitrogens with zero attached hydrogens (tertiary/aromatic N) is 3. The van der Waals surface area contributed by atoms with E-state index in [2.05, 4.69) is 12.0 Å². The number of rotatable bonds is 2. The topological polar surface area (TPSA) is 64.2 Å². The Morgan fingerprint density at radius 3 is 2.81 bits per heavy atom. The van der Waals surface area contributed by atoms with Crippen LogP contribution in [0.1, 0.15) is 48.4 Å². The molecule has 1 aliphatic carbocycles. The van der Waals surface area contributed by atoms with Gasteiger partial charge in [-0.3, -0.25) is 4.79 Å². The lowest BCUT2D eigenvalue weighted by molar-refractivity contribution is 0.0532. The Hall–Kier alpha value is -2.28. The maximum atomic E-state index is 14.3. The van der Waals surface area contributed by atoms with E-state index in [4.69, 9.17) is 5.73 Å². The number of hydrogen-bond donors (Lipinski definition) is 1. The third-order valence-electron chi connectivity index (χ3n) is 6.08. The van der Waals surface area contributed by atoms with Crippen molar-refractivity contribution in [3.63, 3.8) is 0 Å². The number of hydrogen-bond acceptors (Lipinski definition) is 3. The SMILES string of the molecule is CC1CCN(C(=O)c2nn(-c3cccc(F)c3F)c3c2CCC3)C(C)C1N. The van der Waals surface area contributed by atoms with Crippen LogP contribution in [0.25, 0.3) is 5.69 Å². The zero-order valence-corrected chi connectivity index (χ0v) is 15.6. The number of amides is 1. The highest BCUT2D eigenvalue weighted by molar-refractivity contribution is 5.94. The van der Waals surface area contributed by atoms with E-state index in [1.54, 1.807) is 4.90 Å². The van der Waals surface area contributed by atoms with E-state index < -0.39 is 11.6 Å². The standard InChI is InChI=1S/C20H24F2N4O/c1-11-9-10-25(12(2)18(11)23)20(27)19-13-5-3-7-15(13)26(24-19)16-8-4-6-14(21)17(16)22/h4,6,8,11-12,18H,3,5,7,9-10,23H2,1-2H3. The maximum Gasteiger partial charge on any atom is 0.274 e. The molecular weight excluding hydrogens is 350 g/mol. The number of carbonyl (C=O) groups is 1. The smallest absolute Gasteiger partial charge is 0.274 e. The first-order valence-electron chi connectivity index (χ1n) is 9.52. The summed E-state index contributed by atoms with van der Waals surface area (Å²) in [5, 5.41) is 4.44. The fourth-order valence-electron chi connectivity index (χ4n) is 4.31. The van der Waals surface area contributed by atoms with Crippen molar-refractivity contribution in [2.24, 2.45) is 11.7 Å². The van der Waals surface area contributed by atoms with Gasteiger partial charge >= 0.3 is 0 Å². The van der Waals surface area contributed by atoms with Crippen LogP contribution in [0, 0.1) is 17.6 Å². The summed E-state index contributed by atoms with van der Waals surface area (Å²) in [5.74, 6) is -1.68. The number of likely N-dealkylation sites (tertiary alicyclic amines) is 1. The van der Waals surface area contributed by atoms with Crippen molar-refractivity contribution in [3.05, 3.63) is 46.8 Å². The predicted octanol–water partition coefficient (Wildman–Crippen LogP) is 2.84. The van der Waals surface area contributed by atoms with Gasteiger partial charge in [0.05, 0.1) is 0 Å². The molecule has 1 aromatic heterocycles. The molecule has 2 heterocycles. The van der Waals surface area contributed by atoms with Crippen molar-refractivity contribution >= 4 is 5.91 Å². The molecule has 5 nitrogen and oxygen atoms in total. The zero-order chi connectivity index (χ0) is 19.3. The fraction of sp³-hybridized carbons (Fsp3) is 0.500. The minimum absolute atomic E-state index is 0.0456. The van der Waals surface area contributed by atoms with E-state index in [1.165, 1.54) is 16.8 Å². The third kappa shape index (κ3) is 2.84. The molecule has 3 unspecified atom stereocenters. The van der Waals surface area contributed by atoms with Crippen molar-refractivity contribution < 1.29 is 13.6 Å². The molecule has 3 atom stereocenters. The minimum Gasteiger partial charge on any atom is -0.333 e. The first-order valence-corrected chi connectivity index (χ1v) is 9.52. The summed E-state index contributed by atoms with van der Waals surface area (Å²) in [6.07, 6.45) is 3.13. The molecule has 0 bridgehead atoms. The Morgan fingerprint density at radius 2 is 2.04 bits per heavy atom. The summed E-state index contributed by atoms with van der Waals surface area (Å²) in [4.78, 5) is 15.0. The molecule has 144 valence electrons. The molecule has 1 aromatic carbocycles. The highest BCUT2D eigenvalue weighted by Gasteiger charge is 2.37. The molecule has 1 saturated heterocycles. The monoisotopic (exact) mass is 374 g/mol. The largest absolute Gasteiger partial charge is 0.333 e. The number of benzene rings is 1. The molecular formula is C20H24F2N4O. The molecule has 27 heavy (non-hydrogen) atoms. The first kappa shape index (κ1) is 18.1. The summed E-state index contributed by atoms with van der Waals surface area (Å²) in [7, 11) is 0. The average molecular weight is 374 g/mol. The normalized spacial score (nSPS) is 24.9. The minimum atomic E-state index is -0.948. The lowest BCUT2D eigenvalue weighted by atomic mass is 9.88. The highest BCUT2D eigenvalue weighted by Crippen LogP contribution is 2.31. The number of fused-ring (bicyclic) bond motifs is 1. The van der Waals surface area contributed by atoms with Crippen LogP contribution in [-0.4, -0.2) is 39.2 Å². The summed E-state index contributed by atoms with van der Waals surface area (Å²) < 4.78 is 29.4. The van der Waals surface area contributed by atoms with Crippen molar-refractivity contribution in [1.29, 1.82) is 0 Å². The van der Waals surface area contributed by atoms with Gasteiger partial charge < -0.3 is 10.6 Å². The molecule has 4 rings (SSSR count). The molecule has 0 spiro atoms. The highest BCUT2D eigenvalue weighted by atomic mass is 19.2. The second-order valence-electron chi connectivity index (χ2n) is 7.69. The summed E-state index contributed by atoms with van der Waals surface area (Å²) in [5.41, 5.74) is 8.30. The van der Waals surface area contributed by atoms with E-state index in [0.29, 0.717) is 24.6 Å². The number of carbonyl (C=O) groups excluding carboxylic acids is 1. The number of halogens is 2. The van der Waals surface area contributed by atoms with Gasteiger partial charge in [-0.2, -0.15) is 5.10 Å². The number of aromatic nitrogens is 2. The lowest BCUT2D eigenvalue weighted by Crippen LogP contribution is -2.56. The molecule has 1 amide bonds. The van der Waals surface area contributed by atoms with E-state index in [-0.39, 0.29) is 23.7 Å². The Bertz CT molecular complexity index is 894. The Balaban J connectivity index is 1.75. The van der Waals surface area contributed by atoms with Crippen LogP contribution >= 0.6 is 0 Å². The van der Waals surface area contributed by atoms with E-state index in [9.17, 15) is 13.6 Å². The lowest BCUT2D eigenvalue weighted by Gasteiger charge is -2.41. The molecule has 7 heteroatoms. The van der Waals surface area contributed by atoms with Crippen LogP contribution in [0.5, 0.6) is 0 Å². The van der Waals surface area contributed by atoms with Crippen molar-refractivity contribution in [3.8, 4) is 5.69 Å². The van der Waals surface area contributed by atoms with Gasteiger partial charge in [-0.05, 0) is 50.7 Å². The van der Waals surface area contributed by atoms with Gasteiger partial charge in [-0.1, -0.05) is 13.0 Å². The quantitative estimate of drug-likeness (QED) is 0.879.